The van der Waals surface area contributed by atoms with E-state index in [1.165, 1.54) is 22.3 Å². The van der Waals surface area contributed by atoms with Gasteiger partial charge in [0, 0.05) is 33.6 Å². The first-order valence-electron chi connectivity index (χ1n) is 8.70. The number of rotatable bonds is 4. The van der Waals surface area contributed by atoms with Crippen LogP contribution in [0.25, 0.3) is 11.1 Å². The Morgan fingerprint density at radius 2 is 1.76 bits per heavy atom. The summed E-state index contributed by atoms with van der Waals surface area (Å²) >= 11 is 0. The quantitative estimate of drug-likeness (QED) is 0.688. The summed E-state index contributed by atoms with van der Waals surface area (Å²) in [6.45, 7) is 1.58. The van der Waals surface area contributed by atoms with Gasteiger partial charge in [-0.1, -0.05) is 24.3 Å². The van der Waals surface area contributed by atoms with Gasteiger partial charge in [0.15, 0.2) is 0 Å². The minimum atomic E-state index is 0.00595. The van der Waals surface area contributed by atoms with Crippen molar-refractivity contribution in [2.24, 2.45) is 0 Å². The molecule has 0 aromatic heterocycles. The van der Waals surface area contributed by atoms with E-state index in [0.29, 0.717) is 0 Å². The van der Waals surface area contributed by atoms with E-state index in [1.807, 2.05) is 27.2 Å². The molecule has 0 unspecified atom stereocenters. The number of aryl methyl sites for hydroxylation is 1. The molecule has 0 aliphatic heterocycles. The number of hydrogen-bond acceptors (Lipinski definition) is 4. The minimum absolute atomic E-state index is 0.00595. The summed E-state index contributed by atoms with van der Waals surface area (Å²) in [6, 6.07) is 10.6. The van der Waals surface area contributed by atoms with Gasteiger partial charge in [-0.05, 0) is 35.6 Å². The summed E-state index contributed by atoms with van der Waals surface area (Å²) in [5.41, 5.74) is 8.06. The predicted molar refractivity (Wildman–Crippen MR) is 105 cm³/mol. The molecule has 4 N–H and O–H groups in total. The lowest BCUT2D eigenvalue weighted by atomic mass is 9.92. The lowest BCUT2D eigenvalue weighted by Gasteiger charge is -2.22. The lowest BCUT2D eigenvalue weighted by Crippen LogP contribution is -2.26. The third-order valence-corrected chi connectivity index (χ3v) is 4.86. The predicted octanol–water partition coefficient (Wildman–Crippen LogP) is 3.60. The second kappa shape index (κ2) is 7.05. The van der Waals surface area contributed by atoms with Crippen molar-refractivity contribution >= 4 is 23.0 Å². The van der Waals surface area contributed by atoms with Crippen molar-refractivity contribution in [2.75, 3.05) is 37.1 Å². The SMILES string of the molecule is CNc1cc2c(c(NC)c1NC)-c1ccccc1[C@@H](NC(C)=O)CC2. The van der Waals surface area contributed by atoms with Gasteiger partial charge in [-0.2, -0.15) is 0 Å². The number of nitrogens with one attached hydrogen (secondary N) is 4. The van der Waals surface area contributed by atoms with Crippen molar-refractivity contribution in [1.82, 2.24) is 5.32 Å². The highest BCUT2D eigenvalue weighted by Gasteiger charge is 2.26. The lowest BCUT2D eigenvalue weighted by molar-refractivity contribution is -0.119. The van der Waals surface area contributed by atoms with Crippen LogP contribution in [0.2, 0.25) is 0 Å². The Kier molecular flexibility index (Phi) is 4.83. The van der Waals surface area contributed by atoms with Crippen LogP contribution in [0.4, 0.5) is 17.1 Å². The van der Waals surface area contributed by atoms with E-state index < -0.39 is 0 Å². The molecule has 25 heavy (non-hydrogen) atoms. The van der Waals surface area contributed by atoms with E-state index in [0.717, 1.165) is 29.9 Å². The molecule has 132 valence electrons. The van der Waals surface area contributed by atoms with Crippen LogP contribution >= 0.6 is 0 Å². The molecule has 0 saturated carbocycles. The van der Waals surface area contributed by atoms with Gasteiger partial charge in [0.1, 0.15) is 0 Å². The Labute approximate surface area is 149 Å². The molecule has 1 atom stereocenters. The zero-order valence-electron chi connectivity index (χ0n) is 15.3. The molecule has 3 rings (SSSR count). The maximum Gasteiger partial charge on any atom is 0.217 e. The molecule has 0 radical (unpaired) electrons. The fourth-order valence-electron chi connectivity index (χ4n) is 3.83. The fourth-order valence-corrected chi connectivity index (χ4v) is 3.83. The molecular formula is C20H26N4O. The summed E-state index contributed by atoms with van der Waals surface area (Å²) in [4.78, 5) is 11.7. The van der Waals surface area contributed by atoms with Crippen LogP contribution in [0.15, 0.2) is 30.3 Å². The molecule has 0 spiro atoms. The standard InChI is InChI=1S/C20H26N4O/c1-12(25)24-16-10-9-13-11-17(21-2)19(22-3)20(23-4)18(13)15-8-6-5-7-14(15)16/h5-8,11,16,21-23H,9-10H2,1-4H3,(H,24,25)/t16-/m0/s1. The summed E-state index contributed by atoms with van der Waals surface area (Å²) in [6.07, 6.45) is 1.79. The molecule has 2 aromatic rings. The molecule has 0 heterocycles. The highest BCUT2D eigenvalue weighted by molar-refractivity contribution is 5.97. The molecule has 0 bridgehead atoms. The Balaban J connectivity index is 2.28. The van der Waals surface area contributed by atoms with Crippen LogP contribution in [0.5, 0.6) is 0 Å². The van der Waals surface area contributed by atoms with Crippen molar-refractivity contribution in [2.45, 2.75) is 25.8 Å². The maximum absolute atomic E-state index is 11.7. The van der Waals surface area contributed by atoms with Crippen molar-refractivity contribution in [3.63, 3.8) is 0 Å². The normalized spacial score (nSPS) is 15.4. The second-order valence-electron chi connectivity index (χ2n) is 6.34. The summed E-state index contributed by atoms with van der Waals surface area (Å²) in [5, 5.41) is 13.1. The average molecular weight is 338 g/mol. The first-order chi connectivity index (χ1) is 12.1. The van der Waals surface area contributed by atoms with Crippen LogP contribution < -0.4 is 21.3 Å². The van der Waals surface area contributed by atoms with Gasteiger partial charge in [0.25, 0.3) is 0 Å². The van der Waals surface area contributed by atoms with Gasteiger partial charge in [-0.3, -0.25) is 4.79 Å². The number of fused-ring (bicyclic) bond motifs is 3. The van der Waals surface area contributed by atoms with Gasteiger partial charge in [0.2, 0.25) is 5.91 Å². The highest BCUT2D eigenvalue weighted by atomic mass is 16.1. The van der Waals surface area contributed by atoms with Crippen LogP contribution in [-0.4, -0.2) is 27.1 Å². The number of carbonyl (C=O) groups excluding carboxylic acids is 1. The largest absolute Gasteiger partial charge is 0.386 e. The second-order valence-corrected chi connectivity index (χ2v) is 6.34. The van der Waals surface area contributed by atoms with Crippen LogP contribution in [0.3, 0.4) is 0 Å². The molecule has 1 amide bonds. The van der Waals surface area contributed by atoms with Gasteiger partial charge >= 0.3 is 0 Å². The Morgan fingerprint density at radius 1 is 1.04 bits per heavy atom. The Morgan fingerprint density at radius 3 is 2.40 bits per heavy atom. The number of carbonyl (C=O) groups is 1. The van der Waals surface area contributed by atoms with Gasteiger partial charge in [0.05, 0.1) is 23.1 Å². The molecule has 0 fully saturated rings. The Bertz CT molecular complexity index is 801. The number of amides is 1. The fraction of sp³-hybridized carbons (Fsp3) is 0.350. The molecule has 0 saturated heterocycles. The molecule has 5 heteroatoms. The minimum Gasteiger partial charge on any atom is -0.386 e. The topological polar surface area (TPSA) is 65.2 Å². The van der Waals surface area contributed by atoms with Crippen molar-refractivity contribution in [1.29, 1.82) is 0 Å². The number of anilines is 3. The van der Waals surface area contributed by atoms with E-state index in [9.17, 15) is 4.79 Å². The zero-order chi connectivity index (χ0) is 18.0. The molecule has 2 aromatic carbocycles. The van der Waals surface area contributed by atoms with E-state index in [1.54, 1.807) is 6.92 Å². The van der Waals surface area contributed by atoms with Gasteiger partial charge in [-0.25, -0.2) is 0 Å². The van der Waals surface area contributed by atoms with Crippen LogP contribution in [0.1, 0.15) is 30.5 Å². The monoisotopic (exact) mass is 338 g/mol. The van der Waals surface area contributed by atoms with E-state index in [-0.39, 0.29) is 11.9 Å². The Hall–Kier alpha value is -2.69. The summed E-state index contributed by atoms with van der Waals surface area (Å²) in [7, 11) is 5.83. The van der Waals surface area contributed by atoms with E-state index in [2.05, 4.69) is 45.5 Å². The first kappa shape index (κ1) is 17.1. The van der Waals surface area contributed by atoms with Crippen molar-refractivity contribution in [3.05, 3.63) is 41.5 Å². The molecule has 5 nitrogen and oxygen atoms in total. The van der Waals surface area contributed by atoms with Crippen LogP contribution in [0, 0.1) is 0 Å². The third kappa shape index (κ3) is 3.02. The highest BCUT2D eigenvalue weighted by Crippen LogP contribution is 2.46. The molecule has 1 aliphatic rings. The van der Waals surface area contributed by atoms with Gasteiger partial charge in [-0.15, -0.1) is 0 Å². The first-order valence-corrected chi connectivity index (χ1v) is 8.70. The zero-order valence-corrected chi connectivity index (χ0v) is 15.3. The summed E-state index contributed by atoms with van der Waals surface area (Å²) in [5.74, 6) is 0.00595. The number of benzene rings is 2. The van der Waals surface area contributed by atoms with E-state index in [4.69, 9.17) is 0 Å². The third-order valence-electron chi connectivity index (χ3n) is 4.86. The number of hydrogen-bond donors (Lipinski definition) is 4. The van der Waals surface area contributed by atoms with Crippen molar-refractivity contribution < 1.29 is 4.79 Å². The smallest absolute Gasteiger partial charge is 0.217 e. The summed E-state index contributed by atoms with van der Waals surface area (Å²) < 4.78 is 0. The molecule has 1 aliphatic carbocycles. The molecular weight excluding hydrogens is 312 g/mol. The van der Waals surface area contributed by atoms with Crippen LogP contribution in [-0.2, 0) is 11.2 Å². The van der Waals surface area contributed by atoms with Crippen molar-refractivity contribution in [3.8, 4) is 11.1 Å². The average Bonchev–Trinajstić information content (AvgIpc) is 2.77. The maximum atomic E-state index is 11.7. The van der Waals surface area contributed by atoms with E-state index >= 15 is 0 Å². The van der Waals surface area contributed by atoms with Gasteiger partial charge < -0.3 is 21.3 Å².